The normalized spacial score (nSPS) is 15.2. The van der Waals surface area contributed by atoms with Crippen LogP contribution in [0.5, 0.6) is 11.6 Å². The van der Waals surface area contributed by atoms with Crippen LogP contribution < -0.4 is 10.4 Å². The molecule has 4 aromatic rings. The summed E-state index contributed by atoms with van der Waals surface area (Å²) in [6, 6.07) is 15.6. The maximum absolute atomic E-state index is 13.6. The third kappa shape index (κ3) is 3.20. The number of aromatic amines is 1. The number of imidazole rings is 1. The molecule has 0 amide bonds. The van der Waals surface area contributed by atoms with Crippen molar-refractivity contribution in [3.05, 3.63) is 81.5 Å². The number of benzene rings is 2. The quantitative estimate of drug-likeness (QED) is 0.432. The number of nitrogens with zero attached hydrogens (tertiary/aromatic N) is 3. The van der Waals surface area contributed by atoms with Crippen molar-refractivity contribution in [1.29, 1.82) is 0 Å². The van der Waals surface area contributed by atoms with Crippen molar-refractivity contribution in [1.82, 2.24) is 19.0 Å². The van der Waals surface area contributed by atoms with E-state index in [0.29, 0.717) is 18.7 Å². The number of aromatic hydroxyl groups is 1. The topological polar surface area (TPSA) is 75.4 Å². The van der Waals surface area contributed by atoms with Gasteiger partial charge in [0.25, 0.3) is 0 Å². The number of fused-ring (bicyclic) bond motifs is 4. The Hall–Kier alpha value is -3.45. The first-order valence-corrected chi connectivity index (χ1v) is 10.9. The van der Waals surface area contributed by atoms with Crippen LogP contribution in [0.15, 0.2) is 53.3 Å². The van der Waals surface area contributed by atoms with E-state index in [2.05, 4.69) is 16.0 Å². The number of hydrogen-bond acceptors (Lipinski definition) is 4. The van der Waals surface area contributed by atoms with Crippen LogP contribution in [0.1, 0.15) is 35.0 Å². The predicted molar refractivity (Wildman–Crippen MR) is 125 cm³/mol. The zero-order valence-electron chi connectivity index (χ0n) is 18.6. The molecule has 0 aliphatic carbocycles. The minimum Gasteiger partial charge on any atom is -0.497 e. The highest BCUT2D eigenvalue weighted by Crippen LogP contribution is 2.41. The van der Waals surface area contributed by atoms with Crippen molar-refractivity contribution in [2.75, 3.05) is 27.7 Å². The van der Waals surface area contributed by atoms with E-state index >= 15 is 0 Å². The first-order chi connectivity index (χ1) is 15.5. The van der Waals surface area contributed by atoms with E-state index in [0.717, 1.165) is 46.4 Å². The van der Waals surface area contributed by atoms with Crippen LogP contribution in [0.25, 0.3) is 10.9 Å². The Bertz CT molecular complexity index is 1330. The molecule has 0 spiro atoms. The summed E-state index contributed by atoms with van der Waals surface area (Å²) >= 11 is 0. The molecule has 0 unspecified atom stereocenters. The molecular formula is C25H28N4O3. The lowest BCUT2D eigenvalue weighted by molar-refractivity contribution is 0.363. The van der Waals surface area contributed by atoms with Crippen LogP contribution >= 0.6 is 0 Å². The molecule has 2 N–H and O–H groups in total. The zero-order chi connectivity index (χ0) is 22.4. The van der Waals surface area contributed by atoms with Crippen molar-refractivity contribution in [2.45, 2.75) is 25.4 Å². The minimum atomic E-state index is -0.347. The van der Waals surface area contributed by atoms with Crippen LogP contribution in [-0.4, -0.2) is 51.9 Å². The van der Waals surface area contributed by atoms with Gasteiger partial charge in [0.1, 0.15) is 11.8 Å². The molecular weight excluding hydrogens is 404 g/mol. The number of aromatic nitrogens is 3. The lowest BCUT2D eigenvalue weighted by Crippen LogP contribution is -2.32. The average molecular weight is 433 g/mol. The first-order valence-electron chi connectivity index (χ1n) is 10.9. The van der Waals surface area contributed by atoms with E-state index in [1.165, 1.54) is 4.57 Å². The van der Waals surface area contributed by atoms with Gasteiger partial charge in [-0.05, 0) is 56.4 Å². The maximum atomic E-state index is 13.6. The fourth-order valence-corrected chi connectivity index (χ4v) is 4.82. The molecule has 0 fully saturated rings. The van der Waals surface area contributed by atoms with E-state index in [9.17, 15) is 9.90 Å². The van der Waals surface area contributed by atoms with Crippen LogP contribution in [0.4, 0.5) is 0 Å². The van der Waals surface area contributed by atoms with Gasteiger partial charge in [0, 0.05) is 29.6 Å². The van der Waals surface area contributed by atoms with Crippen molar-refractivity contribution >= 4 is 10.9 Å². The average Bonchev–Trinajstić information content (AvgIpc) is 3.28. The number of H-pyrrole nitrogens is 1. The molecule has 1 aliphatic heterocycles. The SMILES string of the molecule is COc1ccc([C@H]2c3[nH]c4ccccc4c3Cc3c(O)n(CCCN(C)C)c(=O)n32)cc1. The number of nitrogens with one attached hydrogen (secondary N) is 1. The number of para-hydroxylation sites is 1. The van der Waals surface area contributed by atoms with Crippen LogP contribution in [0.3, 0.4) is 0 Å². The second-order valence-electron chi connectivity index (χ2n) is 8.65. The Kier molecular flexibility index (Phi) is 5.06. The largest absolute Gasteiger partial charge is 0.497 e. The van der Waals surface area contributed by atoms with Gasteiger partial charge in [0.15, 0.2) is 0 Å². The molecule has 3 heterocycles. The minimum absolute atomic E-state index is 0.0724. The smallest absolute Gasteiger partial charge is 0.332 e. The molecule has 1 aliphatic rings. The highest BCUT2D eigenvalue weighted by molar-refractivity contribution is 5.86. The first kappa shape index (κ1) is 20.5. The number of hydrogen-bond donors (Lipinski definition) is 2. The lowest BCUT2D eigenvalue weighted by Gasteiger charge is -2.26. The molecule has 0 bridgehead atoms. The molecule has 1 atom stereocenters. The molecule has 5 rings (SSSR count). The van der Waals surface area contributed by atoms with Crippen LogP contribution in [0.2, 0.25) is 0 Å². The highest BCUT2D eigenvalue weighted by Gasteiger charge is 2.35. The van der Waals surface area contributed by atoms with Gasteiger partial charge in [-0.3, -0.25) is 9.13 Å². The molecule has 166 valence electrons. The number of rotatable bonds is 6. The highest BCUT2D eigenvalue weighted by atomic mass is 16.5. The van der Waals surface area contributed by atoms with Crippen molar-refractivity contribution in [3.63, 3.8) is 0 Å². The monoisotopic (exact) mass is 432 g/mol. The summed E-state index contributed by atoms with van der Waals surface area (Å²) in [6.45, 7) is 1.32. The number of ether oxygens (including phenoxy) is 1. The molecule has 7 heteroatoms. The Morgan fingerprint density at radius 1 is 1.16 bits per heavy atom. The molecule has 0 saturated carbocycles. The van der Waals surface area contributed by atoms with Crippen LogP contribution in [-0.2, 0) is 13.0 Å². The standard InChI is InChI=1S/C25H28N4O3/c1-27(2)13-6-14-28-24(30)21-15-19-18-7-4-5-8-20(18)26-22(19)23(29(21)25(28)31)16-9-11-17(32-3)12-10-16/h4-5,7-12,23,26,30H,6,13-15H2,1-3H3/t23-/m0/s1. The fraction of sp³-hybridized carbons (Fsp3) is 0.320. The maximum Gasteiger partial charge on any atom is 0.332 e. The van der Waals surface area contributed by atoms with Gasteiger partial charge >= 0.3 is 5.69 Å². The van der Waals surface area contributed by atoms with E-state index in [-0.39, 0.29) is 17.6 Å². The third-order valence-corrected chi connectivity index (χ3v) is 6.38. The van der Waals surface area contributed by atoms with Crippen molar-refractivity contribution in [2.24, 2.45) is 0 Å². The summed E-state index contributed by atoms with van der Waals surface area (Å²) in [5, 5.41) is 12.2. The van der Waals surface area contributed by atoms with Gasteiger partial charge in [0.05, 0.1) is 12.8 Å². The second-order valence-corrected chi connectivity index (χ2v) is 8.65. The third-order valence-electron chi connectivity index (χ3n) is 6.38. The van der Waals surface area contributed by atoms with Crippen molar-refractivity contribution < 1.29 is 9.84 Å². The molecule has 0 radical (unpaired) electrons. The van der Waals surface area contributed by atoms with E-state index in [1.54, 1.807) is 11.7 Å². The Balaban J connectivity index is 1.69. The van der Waals surface area contributed by atoms with Gasteiger partial charge in [-0.2, -0.15) is 0 Å². The number of methoxy groups -OCH3 is 1. The molecule has 0 saturated heterocycles. The summed E-state index contributed by atoms with van der Waals surface area (Å²) in [5.74, 6) is 0.835. The van der Waals surface area contributed by atoms with Crippen LogP contribution in [0, 0.1) is 0 Å². The van der Waals surface area contributed by atoms with Crippen molar-refractivity contribution in [3.8, 4) is 11.6 Å². The van der Waals surface area contributed by atoms with E-state index in [4.69, 9.17) is 4.74 Å². The molecule has 7 nitrogen and oxygen atoms in total. The van der Waals surface area contributed by atoms with Gasteiger partial charge in [-0.15, -0.1) is 0 Å². The summed E-state index contributed by atoms with van der Waals surface area (Å²) in [5.41, 5.74) is 4.61. The summed E-state index contributed by atoms with van der Waals surface area (Å²) in [4.78, 5) is 19.2. The second kappa shape index (κ2) is 7.91. The van der Waals surface area contributed by atoms with Gasteiger partial charge in [0.2, 0.25) is 5.88 Å². The van der Waals surface area contributed by atoms with Gasteiger partial charge in [-0.1, -0.05) is 30.3 Å². The van der Waals surface area contributed by atoms with Gasteiger partial charge < -0.3 is 19.7 Å². The summed E-state index contributed by atoms with van der Waals surface area (Å²) in [6.07, 6.45) is 1.29. The fourth-order valence-electron chi connectivity index (χ4n) is 4.82. The predicted octanol–water partition coefficient (Wildman–Crippen LogP) is 3.34. The molecule has 2 aromatic heterocycles. The van der Waals surface area contributed by atoms with E-state index in [1.807, 2.05) is 56.6 Å². The van der Waals surface area contributed by atoms with E-state index < -0.39 is 0 Å². The molecule has 32 heavy (non-hydrogen) atoms. The molecule has 2 aromatic carbocycles. The Morgan fingerprint density at radius 3 is 2.62 bits per heavy atom. The zero-order valence-corrected chi connectivity index (χ0v) is 18.6. The summed E-state index contributed by atoms with van der Waals surface area (Å²) < 4.78 is 8.60. The Labute approximate surface area is 186 Å². The Morgan fingerprint density at radius 2 is 1.91 bits per heavy atom. The lowest BCUT2D eigenvalue weighted by atomic mass is 9.93. The summed E-state index contributed by atoms with van der Waals surface area (Å²) in [7, 11) is 5.65. The van der Waals surface area contributed by atoms with Gasteiger partial charge in [-0.25, -0.2) is 4.79 Å².